The van der Waals surface area contributed by atoms with Crippen molar-refractivity contribution in [2.45, 2.75) is 25.5 Å². The van der Waals surface area contributed by atoms with Crippen LogP contribution in [0.5, 0.6) is 0 Å². The highest BCUT2D eigenvalue weighted by Crippen LogP contribution is 2.31. The Hall–Kier alpha value is -1.30. The molecule has 6 heteroatoms. The van der Waals surface area contributed by atoms with Crippen molar-refractivity contribution >= 4 is 12.0 Å². The van der Waals surface area contributed by atoms with Gasteiger partial charge in [0.05, 0.1) is 0 Å². The molecule has 3 N–H and O–H groups in total. The SMILES string of the molecule is CC1(C)[C@H](OC(N)=O)C(=O)N1O. The molecule has 1 atom stereocenters. The van der Waals surface area contributed by atoms with Gasteiger partial charge >= 0.3 is 6.09 Å². The van der Waals surface area contributed by atoms with E-state index in [-0.39, 0.29) is 0 Å². The standard InChI is InChI=1S/C6H10N2O4/c1-6(2)3(12-5(7)10)4(9)8(6)11/h3,11H,1-2H3,(H2,7,10)/t3-/m1/s1. The van der Waals surface area contributed by atoms with Crippen molar-refractivity contribution in [1.29, 1.82) is 0 Å². The summed E-state index contributed by atoms with van der Waals surface area (Å²) in [6.07, 6.45) is -1.99. The molecule has 0 spiro atoms. The van der Waals surface area contributed by atoms with Gasteiger partial charge in [-0.15, -0.1) is 0 Å². The minimum atomic E-state index is -1.02. The van der Waals surface area contributed by atoms with Gasteiger partial charge in [-0.05, 0) is 13.8 Å². The Morgan fingerprint density at radius 2 is 2.25 bits per heavy atom. The first-order valence-electron chi connectivity index (χ1n) is 3.36. The predicted octanol–water partition coefficient (Wildman–Crippen LogP) is -0.540. The van der Waals surface area contributed by atoms with Crippen LogP contribution in [-0.4, -0.2) is 33.9 Å². The lowest BCUT2D eigenvalue weighted by molar-refractivity contribution is -0.254. The third kappa shape index (κ3) is 1.00. The van der Waals surface area contributed by atoms with Gasteiger partial charge in [-0.3, -0.25) is 10.0 Å². The van der Waals surface area contributed by atoms with Crippen LogP contribution < -0.4 is 5.73 Å². The van der Waals surface area contributed by atoms with Crippen LogP contribution in [0.4, 0.5) is 4.79 Å². The number of hydroxylamine groups is 2. The van der Waals surface area contributed by atoms with E-state index in [1.54, 1.807) is 13.8 Å². The van der Waals surface area contributed by atoms with E-state index < -0.39 is 23.6 Å². The summed E-state index contributed by atoms with van der Waals surface area (Å²) in [5.41, 5.74) is 3.84. The van der Waals surface area contributed by atoms with Gasteiger partial charge in [0.15, 0.2) is 0 Å². The zero-order valence-corrected chi connectivity index (χ0v) is 6.77. The van der Waals surface area contributed by atoms with Crippen LogP contribution in [0.25, 0.3) is 0 Å². The average molecular weight is 174 g/mol. The van der Waals surface area contributed by atoms with Crippen molar-refractivity contribution < 1.29 is 19.5 Å². The van der Waals surface area contributed by atoms with E-state index >= 15 is 0 Å². The van der Waals surface area contributed by atoms with E-state index in [9.17, 15) is 9.59 Å². The lowest BCUT2D eigenvalue weighted by Gasteiger charge is -2.47. The lowest BCUT2D eigenvalue weighted by Crippen LogP contribution is -2.71. The van der Waals surface area contributed by atoms with Crippen LogP contribution in [0.1, 0.15) is 13.8 Å². The van der Waals surface area contributed by atoms with Gasteiger partial charge in [-0.25, -0.2) is 9.86 Å². The topological polar surface area (TPSA) is 92.9 Å². The summed E-state index contributed by atoms with van der Waals surface area (Å²) in [5.74, 6) is -0.654. The molecule has 1 heterocycles. The maximum absolute atomic E-state index is 10.9. The number of primary amides is 1. The number of amides is 2. The lowest BCUT2D eigenvalue weighted by atomic mass is 9.87. The monoisotopic (exact) mass is 174 g/mol. The third-order valence-electron chi connectivity index (χ3n) is 1.85. The highest BCUT2D eigenvalue weighted by atomic mass is 16.6. The van der Waals surface area contributed by atoms with Crippen molar-refractivity contribution in [2.24, 2.45) is 5.73 Å². The number of carbonyl (C=O) groups excluding carboxylic acids is 2. The van der Waals surface area contributed by atoms with E-state index in [0.717, 1.165) is 0 Å². The number of hydrogen-bond acceptors (Lipinski definition) is 4. The van der Waals surface area contributed by atoms with Crippen molar-refractivity contribution in [1.82, 2.24) is 5.06 Å². The first kappa shape index (κ1) is 8.79. The highest BCUT2D eigenvalue weighted by molar-refractivity contribution is 5.90. The molecule has 0 unspecified atom stereocenters. The summed E-state index contributed by atoms with van der Waals surface area (Å²) in [6.45, 7) is 3.12. The smallest absolute Gasteiger partial charge is 0.405 e. The first-order chi connectivity index (χ1) is 5.37. The summed E-state index contributed by atoms with van der Waals surface area (Å²) < 4.78 is 4.47. The molecule has 1 fully saturated rings. The van der Waals surface area contributed by atoms with Crippen molar-refractivity contribution in [3.8, 4) is 0 Å². The van der Waals surface area contributed by atoms with Crippen molar-refractivity contribution in [2.75, 3.05) is 0 Å². The average Bonchev–Trinajstić information content (AvgIpc) is 1.98. The van der Waals surface area contributed by atoms with Gasteiger partial charge in [0.2, 0.25) is 6.10 Å². The molecule has 0 aromatic rings. The number of nitrogens with two attached hydrogens (primary N) is 1. The molecule has 1 saturated heterocycles. The number of β-lactam (4-membered cyclic amide) rings is 1. The number of nitrogens with zero attached hydrogens (tertiary/aromatic N) is 1. The Kier molecular flexibility index (Phi) is 1.72. The minimum Gasteiger partial charge on any atom is -0.434 e. The van der Waals surface area contributed by atoms with Gasteiger partial charge in [0.1, 0.15) is 5.54 Å². The van der Waals surface area contributed by atoms with Crippen LogP contribution in [0, 0.1) is 0 Å². The summed E-state index contributed by atoms with van der Waals surface area (Å²) in [5, 5.41) is 9.49. The molecule has 0 aliphatic carbocycles. The van der Waals surface area contributed by atoms with Gasteiger partial charge in [-0.2, -0.15) is 0 Å². The van der Waals surface area contributed by atoms with Crippen LogP contribution in [-0.2, 0) is 9.53 Å². The Morgan fingerprint density at radius 3 is 2.58 bits per heavy atom. The molecule has 0 saturated carbocycles. The summed E-state index contributed by atoms with van der Waals surface area (Å²) in [4.78, 5) is 21.1. The Balaban J connectivity index is 2.68. The molecule has 0 aromatic carbocycles. The van der Waals surface area contributed by atoms with Crippen LogP contribution >= 0.6 is 0 Å². The largest absolute Gasteiger partial charge is 0.434 e. The molecular formula is C6H10N2O4. The minimum absolute atomic E-state index is 0.514. The van der Waals surface area contributed by atoms with E-state index in [1.807, 2.05) is 0 Å². The molecule has 0 aromatic heterocycles. The molecule has 0 radical (unpaired) electrons. The second kappa shape index (κ2) is 2.34. The van der Waals surface area contributed by atoms with Crippen LogP contribution in [0.2, 0.25) is 0 Å². The molecule has 6 nitrogen and oxygen atoms in total. The highest BCUT2D eigenvalue weighted by Gasteiger charge is 2.56. The molecule has 68 valence electrons. The Morgan fingerprint density at radius 1 is 1.75 bits per heavy atom. The maximum Gasteiger partial charge on any atom is 0.405 e. The van der Waals surface area contributed by atoms with Crippen LogP contribution in [0.3, 0.4) is 0 Å². The predicted molar refractivity (Wildman–Crippen MR) is 37.2 cm³/mol. The molecule has 1 rings (SSSR count). The number of ether oxygens (including phenoxy) is 1. The van der Waals surface area contributed by atoms with E-state index in [4.69, 9.17) is 10.9 Å². The van der Waals surface area contributed by atoms with E-state index in [0.29, 0.717) is 5.06 Å². The fourth-order valence-corrected chi connectivity index (χ4v) is 1.05. The number of carbonyl (C=O) groups is 2. The van der Waals surface area contributed by atoms with Gasteiger partial charge in [-0.1, -0.05) is 0 Å². The normalized spacial score (nSPS) is 26.4. The Labute approximate surface area is 68.8 Å². The zero-order valence-electron chi connectivity index (χ0n) is 6.77. The van der Waals surface area contributed by atoms with Gasteiger partial charge < -0.3 is 10.5 Å². The number of hydrogen-bond donors (Lipinski definition) is 2. The molecule has 1 aliphatic rings. The summed E-state index contributed by atoms with van der Waals surface area (Å²) in [7, 11) is 0. The molecule has 1 aliphatic heterocycles. The maximum atomic E-state index is 10.9. The second-order valence-electron chi connectivity index (χ2n) is 3.12. The first-order valence-corrected chi connectivity index (χ1v) is 3.36. The molecule has 0 bridgehead atoms. The van der Waals surface area contributed by atoms with E-state index in [1.165, 1.54) is 0 Å². The van der Waals surface area contributed by atoms with Crippen molar-refractivity contribution in [3.05, 3.63) is 0 Å². The fraction of sp³-hybridized carbons (Fsp3) is 0.667. The second-order valence-corrected chi connectivity index (χ2v) is 3.12. The molecule has 2 amide bonds. The molecular weight excluding hydrogens is 164 g/mol. The van der Waals surface area contributed by atoms with E-state index in [2.05, 4.69) is 4.74 Å². The molecule has 12 heavy (non-hydrogen) atoms. The third-order valence-corrected chi connectivity index (χ3v) is 1.85. The Bertz CT molecular complexity index is 238. The summed E-state index contributed by atoms with van der Waals surface area (Å²) >= 11 is 0. The van der Waals surface area contributed by atoms with Crippen molar-refractivity contribution in [3.63, 3.8) is 0 Å². The quantitative estimate of drug-likeness (QED) is 0.412. The van der Waals surface area contributed by atoms with Gasteiger partial charge in [0, 0.05) is 0 Å². The summed E-state index contributed by atoms with van der Waals surface area (Å²) in [6, 6.07) is 0. The van der Waals surface area contributed by atoms with Gasteiger partial charge in [0.25, 0.3) is 5.91 Å². The zero-order chi connectivity index (χ0) is 9.52. The van der Waals surface area contributed by atoms with Crippen LogP contribution in [0.15, 0.2) is 0 Å². The fourth-order valence-electron chi connectivity index (χ4n) is 1.05. The number of rotatable bonds is 1.